The first kappa shape index (κ1) is 11.3. The van der Waals surface area contributed by atoms with E-state index in [1.165, 1.54) is 0 Å². The third-order valence-corrected chi connectivity index (χ3v) is 4.82. The van der Waals surface area contributed by atoms with Gasteiger partial charge in [-0.2, -0.15) is 0 Å². The second-order valence-electron chi connectivity index (χ2n) is 5.34. The maximum atomic E-state index is 12.6. The van der Waals surface area contributed by atoms with Crippen LogP contribution in [0.2, 0.25) is 0 Å². The van der Waals surface area contributed by atoms with Gasteiger partial charge >= 0.3 is 0 Å². The van der Waals surface area contributed by atoms with Crippen LogP contribution in [0.5, 0.6) is 0 Å². The summed E-state index contributed by atoms with van der Waals surface area (Å²) in [5.41, 5.74) is 6.20. The molecule has 1 saturated heterocycles. The number of amides is 1. The van der Waals surface area contributed by atoms with E-state index in [4.69, 9.17) is 5.73 Å². The molecule has 0 bridgehead atoms. The summed E-state index contributed by atoms with van der Waals surface area (Å²) in [6.07, 6.45) is 3.75. The van der Waals surface area contributed by atoms with Crippen molar-refractivity contribution in [3.8, 4) is 0 Å². The lowest BCUT2D eigenvalue weighted by Crippen LogP contribution is -2.57. The van der Waals surface area contributed by atoms with Gasteiger partial charge in [-0.1, -0.05) is 0 Å². The summed E-state index contributed by atoms with van der Waals surface area (Å²) in [6.45, 7) is 0.753. The van der Waals surface area contributed by atoms with Crippen molar-refractivity contribution in [2.45, 2.75) is 24.7 Å². The Labute approximate surface area is 119 Å². The van der Waals surface area contributed by atoms with Gasteiger partial charge in [-0.25, -0.2) is 4.99 Å². The molecule has 2 atom stereocenters. The van der Waals surface area contributed by atoms with E-state index in [0.717, 1.165) is 23.9 Å². The third-order valence-electron chi connectivity index (χ3n) is 4.39. The molecule has 4 heterocycles. The first-order valence-corrected chi connectivity index (χ1v) is 7.11. The minimum Gasteiger partial charge on any atom is -0.370 e. The molecule has 3 aliphatic rings. The molecule has 4 rings (SSSR count). The van der Waals surface area contributed by atoms with Crippen molar-refractivity contribution in [3.05, 3.63) is 22.4 Å². The Hall–Kier alpha value is -1.50. The number of halogens is 1. The fourth-order valence-corrected chi connectivity index (χ4v) is 4.06. The fourth-order valence-electron chi connectivity index (χ4n) is 3.63. The lowest BCUT2D eigenvalue weighted by atomic mass is 10.0. The average Bonchev–Trinajstić information content (AvgIpc) is 2.98. The number of nitrogens with zero attached hydrogens (tertiary/aromatic N) is 4. The van der Waals surface area contributed by atoms with E-state index < -0.39 is 5.66 Å². The van der Waals surface area contributed by atoms with Gasteiger partial charge in [0.25, 0.3) is 5.91 Å². The smallest absolute Gasteiger partial charge is 0.272 e. The molecule has 19 heavy (non-hydrogen) atoms. The fraction of sp³-hybridized carbons (Fsp3) is 0.500. The molecule has 2 N–H and O–H groups in total. The summed E-state index contributed by atoms with van der Waals surface area (Å²) >= 11 is 3.45. The van der Waals surface area contributed by atoms with Gasteiger partial charge < -0.3 is 20.1 Å². The Bertz CT molecular complexity index is 624. The summed E-state index contributed by atoms with van der Waals surface area (Å²) < 4.78 is 2.91. The maximum Gasteiger partial charge on any atom is 0.272 e. The minimum atomic E-state index is -0.513. The number of aliphatic imine (C=N–C) groups is 1. The topological polar surface area (TPSA) is 66.9 Å². The summed E-state index contributed by atoms with van der Waals surface area (Å²) in [5.74, 6) is 0.550. The Kier molecular flexibility index (Phi) is 1.99. The first-order valence-electron chi connectivity index (χ1n) is 6.32. The predicted molar refractivity (Wildman–Crippen MR) is 73.6 cm³/mol. The number of hydrogen-bond donors (Lipinski definition) is 1. The summed E-state index contributed by atoms with van der Waals surface area (Å²) in [6, 6.07) is 1.87. The van der Waals surface area contributed by atoms with E-state index in [9.17, 15) is 4.79 Å². The highest BCUT2D eigenvalue weighted by molar-refractivity contribution is 9.10. The van der Waals surface area contributed by atoms with Crippen LogP contribution in [0.15, 0.2) is 21.7 Å². The molecule has 1 fully saturated rings. The Morgan fingerprint density at radius 1 is 1.58 bits per heavy atom. The van der Waals surface area contributed by atoms with Crippen molar-refractivity contribution in [2.24, 2.45) is 10.7 Å². The van der Waals surface area contributed by atoms with Crippen LogP contribution in [-0.2, 0) is 0 Å². The minimum absolute atomic E-state index is 0.0333. The monoisotopic (exact) mass is 323 g/mol. The van der Waals surface area contributed by atoms with Crippen LogP contribution in [0, 0.1) is 0 Å². The number of carbonyl (C=O) groups excluding carboxylic acids is 1. The molecule has 0 aliphatic carbocycles. The van der Waals surface area contributed by atoms with Gasteiger partial charge in [0.1, 0.15) is 5.69 Å². The number of likely N-dealkylation sites (N-methyl/N-ethyl adjacent to an activating group) is 1. The molecule has 3 aliphatic heterocycles. The van der Waals surface area contributed by atoms with Gasteiger partial charge in [0, 0.05) is 24.3 Å². The van der Waals surface area contributed by atoms with Gasteiger partial charge in [-0.15, -0.1) is 0 Å². The number of guanidine groups is 1. The maximum absolute atomic E-state index is 12.6. The van der Waals surface area contributed by atoms with Crippen LogP contribution in [0.3, 0.4) is 0 Å². The normalized spacial score (nSPS) is 32.2. The molecule has 1 aromatic heterocycles. The van der Waals surface area contributed by atoms with Gasteiger partial charge in [0.05, 0.1) is 0 Å². The highest BCUT2D eigenvalue weighted by Crippen LogP contribution is 2.49. The number of fused-ring (bicyclic) bond motifs is 2. The molecule has 100 valence electrons. The predicted octanol–water partition coefficient (Wildman–Crippen LogP) is 0.955. The molecule has 1 aromatic rings. The third kappa shape index (κ3) is 1.17. The van der Waals surface area contributed by atoms with Gasteiger partial charge in [0.2, 0.25) is 0 Å². The molecular formula is C12H14BrN5O. The number of nitrogens with two attached hydrogens (primary N) is 1. The highest BCUT2D eigenvalue weighted by Gasteiger charge is 2.59. The quantitative estimate of drug-likeness (QED) is 0.773. The van der Waals surface area contributed by atoms with Crippen molar-refractivity contribution < 1.29 is 4.79 Å². The lowest BCUT2D eigenvalue weighted by Gasteiger charge is -2.44. The van der Waals surface area contributed by atoms with E-state index in [0.29, 0.717) is 11.7 Å². The van der Waals surface area contributed by atoms with Crippen LogP contribution in [0.4, 0.5) is 0 Å². The lowest BCUT2D eigenvalue weighted by molar-refractivity contribution is 0.0196. The summed E-state index contributed by atoms with van der Waals surface area (Å²) in [5, 5.41) is 0. The van der Waals surface area contributed by atoms with Crippen LogP contribution < -0.4 is 5.73 Å². The summed E-state index contributed by atoms with van der Waals surface area (Å²) in [7, 11) is 1.93. The zero-order chi connectivity index (χ0) is 13.4. The second kappa shape index (κ2) is 3.33. The standard InChI is InChI=1S/C12H14BrN5O/c1-16-10-12(15-11(16)14)3-2-4-18(12)9(19)8-5-7(13)6-17(8)10/h5-6,10H,2-4H2,1H3,(H2,14,15)/t10-,12+/m0/s1. The average molecular weight is 324 g/mol. The molecule has 0 aromatic carbocycles. The molecule has 1 amide bonds. The molecule has 7 heteroatoms. The van der Waals surface area contributed by atoms with Crippen molar-refractivity contribution in [2.75, 3.05) is 13.6 Å². The number of hydrogen-bond acceptors (Lipinski definition) is 4. The molecule has 0 unspecified atom stereocenters. The molecular weight excluding hydrogens is 310 g/mol. The van der Waals surface area contributed by atoms with E-state index in [2.05, 4.69) is 20.9 Å². The van der Waals surface area contributed by atoms with Crippen LogP contribution >= 0.6 is 15.9 Å². The zero-order valence-electron chi connectivity index (χ0n) is 10.5. The van der Waals surface area contributed by atoms with Crippen molar-refractivity contribution in [3.63, 3.8) is 0 Å². The van der Waals surface area contributed by atoms with Crippen molar-refractivity contribution >= 4 is 27.8 Å². The van der Waals surface area contributed by atoms with E-state index in [1.807, 2.05) is 33.7 Å². The molecule has 0 radical (unpaired) electrons. The zero-order valence-corrected chi connectivity index (χ0v) is 12.1. The molecule has 1 spiro atoms. The van der Waals surface area contributed by atoms with Crippen molar-refractivity contribution in [1.82, 2.24) is 14.4 Å². The summed E-state index contributed by atoms with van der Waals surface area (Å²) in [4.78, 5) is 21.1. The highest BCUT2D eigenvalue weighted by atomic mass is 79.9. The Balaban J connectivity index is 1.99. The van der Waals surface area contributed by atoms with Crippen molar-refractivity contribution in [1.29, 1.82) is 0 Å². The largest absolute Gasteiger partial charge is 0.370 e. The van der Waals surface area contributed by atoms with Crippen LogP contribution in [0.25, 0.3) is 0 Å². The molecule has 6 nitrogen and oxygen atoms in total. The number of rotatable bonds is 0. The van der Waals surface area contributed by atoms with Gasteiger partial charge in [-0.3, -0.25) is 4.79 Å². The Morgan fingerprint density at radius 2 is 2.37 bits per heavy atom. The molecule has 0 saturated carbocycles. The van der Waals surface area contributed by atoms with E-state index in [-0.39, 0.29) is 12.1 Å². The second-order valence-corrected chi connectivity index (χ2v) is 6.26. The van der Waals surface area contributed by atoms with E-state index >= 15 is 0 Å². The number of aromatic nitrogens is 1. The van der Waals surface area contributed by atoms with Crippen LogP contribution in [-0.4, -0.2) is 45.5 Å². The van der Waals surface area contributed by atoms with Gasteiger partial charge in [-0.05, 0) is 34.8 Å². The van der Waals surface area contributed by atoms with E-state index in [1.54, 1.807) is 0 Å². The number of carbonyl (C=O) groups is 1. The first-order chi connectivity index (χ1) is 9.04. The van der Waals surface area contributed by atoms with Crippen LogP contribution in [0.1, 0.15) is 29.5 Å². The Morgan fingerprint density at radius 3 is 3.16 bits per heavy atom. The van der Waals surface area contributed by atoms with Gasteiger partial charge in [0.15, 0.2) is 17.8 Å². The SMILES string of the molecule is CN1C(N)=N[C@]23CCCN2C(=O)c2cc(Br)cn2[C@H]13.